The first kappa shape index (κ1) is 31.8. The fraction of sp³-hybridized carbons (Fsp3) is 0.405. The topological polar surface area (TPSA) is 73.8 Å². The van der Waals surface area contributed by atoms with E-state index < -0.39 is 35.0 Å². The molecule has 1 aromatic heterocycles. The third-order valence-electron chi connectivity index (χ3n) is 10.9. The summed E-state index contributed by atoms with van der Waals surface area (Å²) in [5.41, 5.74) is -1.53. The van der Waals surface area contributed by atoms with Crippen molar-refractivity contribution in [2.24, 2.45) is 5.92 Å². The monoisotopic (exact) mass is 675 g/mol. The Morgan fingerprint density at radius 3 is 2.76 bits per heavy atom. The number of benzene rings is 3. The second kappa shape index (κ2) is 11.8. The van der Waals surface area contributed by atoms with Gasteiger partial charge in [-0.15, -0.1) is 6.42 Å². The van der Waals surface area contributed by atoms with Crippen LogP contribution in [0.15, 0.2) is 48.6 Å². The third-order valence-corrected chi connectivity index (χ3v) is 10.9. The van der Waals surface area contributed by atoms with Crippen LogP contribution in [0.25, 0.3) is 32.8 Å². The largest absolute Gasteiger partial charge is 0.508 e. The standard InChI is InChI=1S/C37H34F5N5O2/c1-2-25-29(39)7-4-22-12-24(48)13-28(31(22)25)26-5-6-27-33(32(26)42)44-35(49-20-37-9-3-11-47(37)18-23(38)14-37)45-34(27)46-17-21-8-10-36(19-46,43-16-21)15-30(40)41/h1,4-7,12-13,15,21,23,43,48H,3,8-11,14,16-20H2/t21-,23+,36-,37?/m0/s1. The molecule has 5 saturated heterocycles. The lowest BCUT2D eigenvalue weighted by molar-refractivity contribution is 0.107. The number of halogens is 5. The predicted octanol–water partition coefficient (Wildman–Crippen LogP) is 6.71. The molecule has 4 aromatic rings. The van der Waals surface area contributed by atoms with Crippen molar-refractivity contribution < 1.29 is 31.8 Å². The molecule has 254 valence electrons. The molecule has 7 nitrogen and oxygen atoms in total. The van der Waals surface area contributed by atoms with Gasteiger partial charge in [0.05, 0.1) is 16.6 Å². The van der Waals surface area contributed by atoms with Crippen molar-refractivity contribution in [3.63, 3.8) is 0 Å². The van der Waals surface area contributed by atoms with Gasteiger partial charge in [-0.3, -0.25) is 4.90 Å². The van der Waals surface area contributed by atoms with Gasteiger partial charge in [0, 0.05) is 55.0 Å². The summed E-state index contributed by atoms with van der Waals surface area (Å²) in [5.74, 6) is 1.20. The first-order valence-electron chi connectivity index (χ1n) is 16.6. The number of hydrogen-bond donors (Lipinski definition) is 2. The average molecular weight is 676 g/mol. The molecule has 2 bridgehead atoms. The maximum Gasteiger partial charge on any atom is 0.319 e. The van der Waals surface area contributed by atoms with Gasteiger partial charge >= 0.3 is 6.01 Å². The minimum atomic E-state index is -1.79. The Labute approximate surface area is 279 Å². The molecular weight excluding hydrogens is 641 g/mol. The fourth-order valence-corrected chi connectivity index (χ4v) is 8.61. The van der Waals surface area contributed by atoms with Gasteiger partial charge in [0.15, 0.2) is 5.82 Å². The van der Waals surface area contributed by atoms with E-state index in [9.17, 15) is 22.7 Å². The highest BCUT2D eigenvalue weighted by molar-refractivity contribution is 6.04. The molecule has 49 heavy (non-hydrogen) atoms. The summed E-state index contributed by atoms with van der Waals surface area (Å²) in [4.78, 5) is 13.3. The molecule has 5 aliphatic rings. The summed E-state index contributed by atoms with van der Waals surface area (Å²) in [7, 11) is 0. The van der Waals surface area contributed by atoms with Crippen LogP contribution < -0.4 is 15.0 Å². The van der Waals surface area contributed by atoms with Crippen molar-refractivity contribution in [2.75, 3.05) is 44.2 Å². The highest BCUT2D eigenvalue weighted by Gasteiger charge is 2.49. The summed E-state index contributed by atoms with van der Waals surface area (Å²) in [6.07, 6.45) is 7.06. The Bertz CT molecular complexity index is 2060. The molecule has 5 aliphatic heterocycles. The molecule has 6 heterocycles. The average Bonchev–Trinajstić information content (AvgIpc) is 3.45. The van der Waals surface area contributed by atoms with Crippen molar-refractivity contribution in [1.82, 2.24) is 20.2 Å². The van der Waals surface area contributed by atoms with E-state index in [2.05, 4.69) is 21.1 Å². The smallest absolute Gasteiger partial charge is 0.319 e. The summed E-state index contributed by atoms with van der Waals surface area (Å²) in [6, 6.07) is 8.42. The number of alkyl halides is 1. The minimum Gasteiger partial charge on any atom is -0.508 e. The van der Waals surface area contributed by atoms with Gasteiger partial charge in [0.25, 0.3) is 6.08 Å². The summed E-state index contributed by atoms with van der Waals surface area (Å²) in [5, 5.41) is 14.9. The number of nitrogens with one attached hydrogen (secondary N) is 1. The van der Waals surface area contributed by atoms with Crippen LogP contribution >= 0.6 is 0 Å². The van der Waals surface area contributed by atoms with Crippen LogP contribution in [0.3, 0.4) is 0 Å². The van der Waals surface area contributed by atoms with Gasteiger partial charge < -0.3 is 20.1 Å². The summed E-state index contributed by atoms with van der Waals surface area (Å²) >= 11 is 0. The van der Waals surface area contributed by atoms with Gasteiger partial charge in [-0.05, 0) is 73.4 Å². The van der Waals surface area contributed by atoms with E-state index in [0.29, 0.717) is 49.1 Å². The Balaban J connectivity index is 1.29. The van der Waals surface area contributed by atoms with Crippen LogP contribution in [0.2, 0.25) is 0 Å². The SMILES string of the molecule is C#Cc1c(F)ccc2cc(O)cc(-c3ccc4c(N5C[C@H]6CC[C@](C=C(F)F)(C5)NC6)nc(OCC56CCCN5C[C@H](F)C6)nc4c3F)c12. The number of terminal acetylenes is 1. The van der Waals surface area contributed by atoms with E-state index in [1.54, 1.807) is 6.07 Å². The number of rotatable bonds is 6. The molecule has 4 atom stereocenters. The van der Waals surface area contributed by atoms with Crippen molar-refractivity contribution >= 4 is 27.5 Å². The third kappa shape index (κ3) is 5.44. The summed E-state index contributed by atoms with van der Waals surface area (Å²) in [6.45, 7) is 2.35. The molecule has 9 rings (SSSR count). The van der Waals surface area contributed by atoms with E-state index >= 15 is 4.39 Å². The zero-order chi connectivity index (χ0) is 34.1. The van der Waals surface area contributed by atoms with Gasteiger partial charge in [-0.1, -0.05) is 18.1 Å². The predicted molar refractivity (Wildman–Crippen MR) is 177 cm³/mol. The molecule has 1 unspecified atom stereocenters. The molecular formula is C37H34F5N5O2. The highest BCUT2D eigenvalue weighted by Crippen LogP contribution is 2.43. The van der Waals surface area contributed by atoms with E-state index in [1.807, 2.05) is 4.90 Å². The first-order chi connectivity index (χ1) is 23.6. The maximum absolute atomic E-state index is 17.0. The van der Waals surface area contributed by atoms with Gasteiger partial charge in [-0.2, -0.15) is 18.7 Å². The lowest BCUT2D eigenvalue weighted by Gasteiger charge is -2.35. The van der Waals surface area contributed by atoms with Crippen molar-refractivity contribution in [2.45, 2.75) is 49.4 Å². The molecule has 2 N–H and O–H groups in total. The van der Waals surface area contributed by atoms with E-state index in [4.69, 9.17) is 16.1 Å². The number of aromatic nitrogens is 2. The zero-order valence-electron chi connectivity index (χ0n) is 26.6. The van der Waals surface area contributed by atoms with Crippen LogP contribution in [0, 0.1) is 29.9 Å². The number of fused-ring (bicyclic) bond motifs is 7. The number of piperidine rings is 1. The molecule has 12 heteroatoms. The van der Waals surface area contributed by atoms with Crippen LogP contribution in [0.1, 0.15) is 37.7 Å². The number of nitrogens with zero attached hydrogens (tertiary/aromatic N) is 4. The Morgan fingerprint density at radius 2 is 1.98 bits per heavy atom. The Kier molecular flexibility index (Phi) is 7.68. The molecule has 0 spiro atoms. The highest BCUT2D eigenvalue weighted by atomic mass is 19.3. The minimum absolute atomic E-state index is 0.0132. The maximum atomic E-state index is 17.0. The molecule has 0 amide bonds. The molecule has 0 aliphatic carbocycles. The van der Waals surface area contributed by atoms with E-state index in [-0.39, 0.29) is 58.4 Å². The lowest BCUT2D eigenvalue weighted by Crippen LogP contribution is -2.52. The molecule has 3 aromatic carbocycles. The number of phenols is 1. The molecule has 5 fully saturated rings. The molecule has 0 radical (unpaired) electrons. The number of ether oxygens (including phenoxy) is 1. The number of hydrogen-bond acceptors (Lipinski definition) is 7. The van der Waals surface area contributed by atoms with Crippen molar-refractivity contribution in [3.05, 3.63) is 65.8 Å². The van der Waals surface area contributed by atoms with Crippen LogP contribution in [-0.4, -0.2) is 76.6 Å². The summed E-state index contributed by atoms with van der Waals surface area (Å²) < 4.78 is 80.1. The van der Waals surface area contributed by atoms with Crippen LogP contribution in [-0.2, 0) is 0 Å². The van der Waals surface area contributed by atoms with Gasteiger partial charge in [0.2, 0.25) is 0 Å². The van der Waals surface area contributed by atoms with E-state index in [1.165, 1.54) is 30.3 Å². The lowest BCUT2D eigenvalue weighted by atomic mass is 9.86. The van der Waals surface area contributed by atoms with Gasteiger partial charge in [-0.25, -0.2) is 13.2 Å². The number of phenolic OH excluding ortho intramolecular Hbond substituents is 1. The number of aromatic hydroxyl groups is 1. The number of anilines is 1. The van der Waals surface area contributed by atoms with Crippen molar-refractivity contribution in [3.8, 4) is 35.2 Å². The molecule has 0 saturated carbocycles. The van der Waals surface area contributed by atoms with Crippen LogP contribution in [0.5, 0.6) is 11.8 Å². The van der Waals surface area contributed by atoms with Crippen molar-refractivity contribution in [1.29, 1.82) is 0 Å². The first-order valence-corrected chi connectivity index (χ1v) is 16.6. The quantitative estimate of drug-likeness (QED) is 0.174. The normalized spacial score (nSPS) is 26.6. The van der Waals surface area contributed by atoms with Gasteiger partial charge in [0.1, 0.15) is 35.7 Å². The second-order valence-corrected chi connectivity index (χ2v) is 13.9. The second-order valence-electron chi connectivity index (χ2n) is 13.9. The fourth-order valence-electron chi connectivity index (χ4n) is 8.61. The Morgan fingerprint density at radius 1 is 1.12 bits per heavy atom. The Hall–Kier alpha value is -4.47. The van der Waals surface area contributed by atoms with Crippen LogP contribution in [0.4, 0.5) is 27.8 Å². The zero-order valence-corrected chi connectivity index (χ0v) is 26.6. The van der Waals surface area contributed by atoms with E-state index in [0.717, 1.165) is 31.9 Å².